The molecule has 0 fully saturated rings. The second-order valence-corrected chi connectivity index (χ2v) is 6.48. The number of thiazole rings is 1. The van der Waals surface area contributed by atoms with Gasteiger partial charge in [-0.15, -0.1) is 10.2 Å². The third-order valence-electron chi connectivity index (χ3n) is 3.41. The zero-order chi connectivity index (χ0) is 18.4. The molecule has 26 heavy (non-hydrogen) atoms. The molecule has 1 heterocycles. The normalized spacial score (nSPS) is 11.5. The number of hydrazone groups is 1. The highest BCUT2D eigenvalue weighted by Crippen LogP contribution is 2.29. The number of aryl methyl sites for hydroxylation is 2. The molecule has 7 heteroatoms. The Morgan fingerprint density at radius 3 is 2.62 bits per heavy atom. The molecule has 0 atom stereocenters. The van der Waals surface area contributed by atoms with E-state index in [2.05, 4.69) is 31.8 Å². The number of benzene rings is 2. The van der Waals surface area contributed by atoms with Crippen LogP contribution in [0.4, 0.5) is 16.4 Å². The van der Waals surface area contributed by atoms with Gasteiger partial charge in [-0.3, -0.25) is 5.43 Å². The number of aromatic nitrogens is 1. The first-order chi connectivity index (χ1) is 12.7. The first-order valence-electron chi connectivity index (χ1n) is 7.91. The molecule has 3 aromatic rings. The molecule has 0 aliphatic heterocycles. The molecule has 0 unspecified atom stereocenters. The molecule has 2 aromatic carbocycles. The summed E-state index contributed by atoms with van der Waals surface area (Å²) in [5.74, 6) is 0. The molecule has 3 rings (SSSR count). The van der Waals surface area contributed by atoms with Crippen molar-refractivity contribution in [3.05, 3.63) is 70.9 Å². The highest BCUT2D eigenvalue weighted by molar-refractivity contribution is 7.17. The zero-order valence-electron chi connectivity index (χ0n) is 14.3. The van der Waals surface area contributed by atoms with E-state index >= 15 is 0 Å². The number of nitriles is 1. The van der Waals surface area contributed by atoms with Gasteiger partial charge in [0.05, 0.1) is 17.1 Å². The molecule has 1 aromatic heterocycles. The van der Waals surface area contributed by atoms with Gasteiger partial charge in [0.2, 0.25) is 0 Å². The second-order valence-electron chi connectivity index (χ2n) is 5.50. The van der Waals surface area contributed by atoms with Crippen molar-refractivity contribution in [3.63, 3.8) is 0 Å². The zero-order valence-corrected chi connectivity index (χ0v) is 15.2. The maximum Gasteiger partial charge on any atom is 0.196 e. The van der Waals surface area contributed by atoms with Crippen LogP contribution in [0.2, 0.25) is 0 Å². The van der Waals surface area contributed by atoms with Crippen LogP contribution in [0.5, 0.6) is 0 Å². The summed E-state index contributed by atoms with van der Waals surface area (Å²) in [7, 11) is 0. The van der Waals surface area contributed by atoms with Gasteiger partial charge in [0, 0.05) is 0 Å². The molecule has 0 radical (unpaired) electrons. The fraction of sp³-hybridized carbons (Fsp3) is 0.105. The smallest absolute Gasteiger partial charge is 0.196 e. The largest absolute Gasteiger partial charge is 0.277 e. The lowest BCUT2D eigenvalue weighted by atomic mass is 10.2. The van der Waals surface area contributed by atoms with E-state index in [0.717, 1.165) is 16.9 Å². The van der Waals surface area contributed by atoms with Gasteiger partial charge in [-0.1, -0.05) is 41.7 Å². The summed E-state index contributed by atoms with van der Waals surface area (Å²) in [5.41, 5.74) is 6.50. The molecule has 0 saturated heterocycles. The van der Waals surface area contributed by atoms with Crippen LogP contribution in [0.15, 0.2) is 69.9 Å². The van der Waals surface area contributed by atoms with E-state index in [9.17, 15) is 5.26 Å². The van der Waals surface area contributed by atoms with Gasteiger partial charge >= 0.3 is 0 Å². The number of hydrogen-bond donors (Lipinski definition) is 1. The Balaban J connectivity index is 1.80. The number of nitrogens with zero attached hydrogens (tertiary/aromatic N) is 5. The van der Waals surface area contributed by atoms with Crippen molar-refractivity contribution in [1.82, 2.24) is 4.98 Å². The highest BCUT2D eigenvalue weighted by atomic mass is 32.1. The molecular weight excluding hydrogens is 344 g/mol. The van der Waals surface area contributed by atoms with Crippen molar-refractivity contribution >= 4 is 33.4 Å². The van der Waals surface area contributed by atoms with Crippen LogP contribution in [0.25, 0.3) is 0 Å². The number of nitrogens with one attached hydrogen (secondary N) is 1. The Bertz CT molecular complexity index is 998. The Morgan fingerprint density at radius 1 is 1.08 bits per heavy atom. The third kappa shape index (κ3) is 4.37. The average molecular weight is 360 g/mol. The van der Waals surface area contributed by atoms with Gasteiger partial charge in [0.1, 0.15) is 6.07 Å². The van der Waals surface area contributed by atoms with E-state index in [1.165, 1.54) is 11.3 Å². The molecule has 0 aliphatic carbocycles. The van der Waals surface area contributed by atoms with E-state index in [0.29, 0.717) is 15.7 Å². The van der Waals surface area contributed by atoms with Crippen molar-refractivity contribution in [2.45, 2.75) is 13.8 Å². The third-order valence-corrected chi connectivity index (χ3v) is 4.46. The molecule has 6 nitrogen and oxygen atoms in total. The lowest BCUT2D eigenvalue weighted by molar-refractivity contribution is 1.18. The lowest BCUT2D eigenvalue weighted by Crippen LogP contribution is -2.01. The number of azo groups is 1. The monoisotopic (exact) mass is 360 g/mol. The van der Waals surface area contributed by atoms with Crippen LogP contribution in [0, 0.1) is 25.2 Å². The topological polar surface area (TPSA) is 85.8 Å². The maximum absolute atomic E-state index is 9.41. The number of anilines is 1. The molecule has 0 amide bonds. The lowest BCUT2D eigenvalue weighted by Gasteiger charge is -2.01. The summed E-state index contributed by atoms with van der Waals surface area (Å²) in [6.45, 7) is 3.83. The molecule has 0 saturated carbocycles. The van der Waals surface area contributed by atoms with Crippen molar-refractivity contribution in [2.24, 2.45) is 15.3 Å². The standard InChI is InChI=1S/C19H16N6S/c1-13-7-6-10-16(11-13)23-24-17(12-20)19-21-14(2)18(26-19)25-22-15-8-4-3-5-9-15/h3-11,23H,1-2H3/b24-17-,25-22?. The van der Waals surface area contributed by atoms with Gasteiger partial charge in [-0.25, -0.2) is 4.98 Å². The summed E-state index contributed by atoms with van der Waals surface area (Å²) in [5, 5.41) is 23.2. The van der Waals surface area contributed by atoms with E-state index in [4.69, 9.17) is 0 Å². The van der Waals surface area contributed by atoms with Gasteiger partial charge in [-0.2, -0.15) is 10.4 Å². The first kappa shape index (κ1) is 17.5. The molecule has 0 bridgehead atoms. The molecular formula is C19H16N6S. The van der Waals surface area contributed by atoms with Crippen molar-refractivity contribution in [1.29, 1.82) is 5.26 Å². The Hall–Kier alpha value is -3.37. The van der Waals surface area contributed by atoms with Crippen LogP contribution in [-0.4, -0.2) is 10.7 Å². The minimum Gasteiger partial charge on any atom is -0.277 e. The van der Waals surface area contributed by atoms with E-state index in [1.54, 1.807) is 0 Å². The summed E-state index contributed by atoms with van der Waals surface area (Å²) in [4.78, 5) is 4.40. The van der Waals surface area contributed by atoms with E-state index in [1.807, 2.05) is 68.4 Å². The van der Waals surface area contributed by atoms with Gasteiger partial charge in [0.15, 0.2) is 15.7 Å². The van der Waals surface area contributed by atoms with Gasteiger partial charge in [-0.05, 0) is 43.7 Å². The molecule has 0 aliphatic rings. The summed E-state index contributed by atoms with van der Waals surface area (Å²) in [6, 6.07) is 19.3. The Kier molecular flexibility index (Phi) is 5.46. The van der Waals surface area contributed by atoms with Gasteiger partial charge < -0.3 is 0 Å². The molecule has 0 spiro atoms. The molecule has 1 N–H and O–H groups in total. The van der Waals surface area contributed by atoms with Crippen LogP contribution in [-0.2, 0) is 0 Å². The predicted octanol–water partition coefficient (Wildman–Crippen LogP) is 5.52. The fourth-order valence-electron chi connectivity index (χ4n) is 2.14. The molecule has 128 valence electrons. The van der Waals surface area contributed by atoms with Crippen LogP contribution < -0.4 is 5.43 Å². The van der Waals surface area contributed by atoms with Crippen LogP contribution in [0.1, 0.15) is 16.3 Å². The minimum absolute atomic E-state index is 0.209. The Morgan fingerprint density at radius 2 is 1.88 bits per heavy atom. The van der Waals surface area contributed by atoms with E-state index in [-0.39, 0.29) is 5.71 Å². The number of hydrogen-bond acceptors (Lipinski definition) is 7. The van der Waals surface area contributed by atoms with Crippen molar-refractivity contribution in [3.8, 4) is 6.07 Å². The summed E-state index contributed by atoms with van der Waals surface area (Å²) in [6.07, 6.45) is 0. The Labute approximate surface area is 155 Å². The van der Waals surface area contributed by atoms with Crippen LogP contribution >= 0.6 is 11.3 Å². The summed E-state index contributed by atoms with van der Waals surface area (Å²) < 4.78 is 0. The second kappa shape index (κ2) is 8.14. The van der Waals surface area contributed by atoms with Crippen molar-refractivity contribution in [2.75, 3.05) is 5.43 Å². The average Bonchev–Trinajstić information content (AvgIpc) is 3.02. The highest BCUT2D eigenvalue weighted by Gasteiger charge is 2.13. The van der Waals surface area contributed by atoms with Crippen molar-refractivity contribution < 1.29 is 0 Å². The maximum atomic E-state index is 9.41. The van der Waals surface area contributed by atoms with E-state index < -0.39 is 0 Å². The first-order valence-corrected chi connectivity index (χ1v) is 8.72. The fourth-order valence-corrected chi connectivity index (χ4v) is 2.96. The SMILES string of the molecule is Cc1cccc(N/N=C(/C#N)c2nc(C)c(N=Nc3ccccc3)s2)c1. The predicted molar refractivity (Wildman–Crippen MR) is 104 cm³/mol. The summed E-state index contributed by atoms with van der Waals surface area (Å²) >= 11 is 1.28. The quantitative estimate of drug-likeness (QED) is 0.369. The number of rotatable bonds is 5. The van der Waals surface area contributed by atoms with Gasteiger partial charge in [0.25, 0.3) is 0 Å². The minimum atomic E-state index is 0.209. The van der Waals surface area contributed by atoms with Crippen LogP contribution in [0.3, 0.4) is 0 Å².